The Kier molecular flexibility index (Phi) is 3.88. The summed E-state index contributed by atoms with van der Waals surface area (Å²) in [7, 11) is 0. The van der Waals surface area contributed by atoms with Crippen LogP contribution in [0.5, 0.6) is 0 Å². The first kappa shape index (κ1) is 17.6. The van der Waals surface area contributed by atoms with Crippen LogP contribution in [-0.4, -0.2) is 38.1 Å². The molecule has 2 bridgehead atoms. The number of nitrogens with two attached hydrogens (primary N) is 1. The smallest absolute Gasteiger partial charge is 0.159 e. The maximum absolute atomic E-state index is 6.75. The summed E-state index contributed by atoms with van der Waals surface area (Å²) >= 11 is 8.37. The zero-order valence-electron chi connectivity index (χ0n) is 16.0. The van der Waals surface area contributed by atoms with E-state index in [0.29, 0.717) is 18.1 Å². The van der Waals surface area contributed by atoms with E-state index >= 15 is 0 Å². The maximum Gasteiger partial charge on any atom is 0.159 e. The topological polar surface area (TPSA) is 83.7 Å². The maximum atomic E-state index is 6.75. The molecule has 0 unspecified atom stereocenters. The molecule has 2 aliphatic rings. The summed E-state index contributed by atoms with van der Waals surface area (Å²) in [5.74, 6) is 0.949. The van der Waals surface area contributed by atoms with Crippen LogP contribution in [0.15, 0.2) is 24.5 Å². The van der Waals surface area contributed by atoms with Gasteiger partial charge in [0.25, 0.3) is 0 Å². The largest absolute Gasteiger partial charge is 0.349 e. The summed E-state index contributed by atoms with van der Waals surface area (Å²) in [6, 6.07) is 5.32. The molecule has 5 heterocycles. The SMILES string of the molecule is Cc1nc2ccc(-c3c[nH]c4nc(N5[C@@H]6CC[C@H]5C[C@@H](N)C6)cnc34)c(Cl)c2s1. The number of nitrogens with one attached hydrogen (secondary N) is 1. The minimum Gasteiger partial charge on any atom is -0.349 e. The molecule has 0 spiro atoms. The molecule has 0 amide bonds. The van der Waals surface area contributed by atoms with E-state index in [1.54, 1.807) is 11.3 Å². The molecule has 2 saturated heterocycles. The number of anilines is 1. The summed E-state index contributed by atoms with van der Waals surface area (Å²) < 4.78 is 1.02. The molecular formula is C21H21ClN6S. The molecule has 4 aromatic rings. The van der Waals surface area contributed by atoms with Crippen LogP contribution in [0.4, 0.5) is 5.82 Å². The van der Waals surface area contributed by atoms with E-state index in [4.69, 9.17) is 27.3 Å². The molecule has 1 aromatic carbocycles. The first-order chi connectivity index (χ1) is 14.1. The molecule has 8 heteroatoms. The normalized spacial score (nSPS) is 24.1. The number of aryl methyl sites for hydroxylation is 1. The second-order valence-electron chi connectivity index (χ2n) is 8.16. The van der Waals surface area contributed by atoms with E-state index in [1.807, 2.05) is 31.5 Å². The number of halogens is 1. The highest BCUT2D eigenvalue weighted by Gasteiger charge is 2.40. The van der Waals surface area contributed by atoms with Crippen molar-refractivity contribution in [3.8, 4) is 11.1 Å². The third-order valence-electron chi connectivity index (χ3n) is 6.30. The minimum atomic E-state index is 0.310. The Balaban J connectivity index is 1.42. The molecule has 3 aromatic heterocycles. The van der Waals surface area contributed by atoms with E-state index < -0.39 is 0 Å². The fourth-order valence-corrected chi connectivity index (χ4v) is 6.32. The second-order valence-corrected chi connectivity index (χ2v) is 9.74. The monoisotopic (exact) mass is 424 g/mol. The fourth-order valence-electron chi connectivity index (χ4n) is 5.09. The number of aromatic nitrogens is 4. The van der Waals surface area contributed by atoms with Crippen LogP contribution < -0.4 is 10.6 Å². The Morgan fingerprint density at radius 3 is 2.76 bits per heavy atom. The van der Waals surface area contributed by atoms with Crippen LogP contribution in [0.3, 0.4) is 0 Å². The van der Waals surface area contributed by atoms with E-state index in [1.165, 1.54) is 12.8 Å². The summed E-state index contributed by atoms with van der Waals surface area (Å²) in [6.45, 7) is 2.00. The van der Waals surface area contributed by atoms with Crippen molar-refractivity contribution in [1.29, 1.82) is 0 Å². The molecule has 2 aliphatic heterocycles. The van der Waals surface area contributed by atoms with Crippen molar-refractivity contribution in [1.82, 2.24) is 19.9 Å². The van der Waals surface area contributed by atoms with Gasteiger partial charge in [-0.15, -0.1) is 11.3 Å². The van der Waals surface area contributed by atoms with Crippen molar-refractivity contribution in [2.24, 2.45) is 5.73 Å². The molecule has 148 valence electrons. The number of rotatable bonds is 2. The van der Waals surface area contributed by atoms with Crippen molar-refractivity contribution in [3.05, 3.63) is 34.6 Å². The number of thiazole rings is 1. The van der Waals surface area contributed by atoms with Gasteiger partial charge in [0.2, 0.25) is 0 Å². The van der Waals surface area contributed by atoms with Gasteiger partial charge in [0, 0.05) is 35.4 Å². The molecular weight excluding hydrogens is 404 g/mol. The molecule has 3 N–H and O–H groups in total. The third kappa shape index (κ3) is 2.68. The number of hydrogen-bond donors (Lipinski definition) is 2. The lowest BCUT2D eigenvalue weighted by atomic mass is 9.98. The van der Waals surface area contributed by atoms with Gasteiger partial charge in [-0.25, -0.2) is 15.0 Å². The van der Waals surface area contributed by atoms with Gasteiger partial charge in [-0.3, -0.25) is 0 Å². The average molecular weight is 425 g/mol. The number of hydrogen-bond acceptors (Lipinski definition) is 6. The average Bonchev–Trinajstić information content (AvgIpc) is 3.36. The van der Waals surface area contributed by atoms with Gasteiger partial charge < -0.3 is 15.6 Å². The molecule has 6 rings (SSSR count). The second kappa shape index (κ2) is 6.39. The number of piperidine rings is 1. The zero-order valence-corrected chi connectivity index (χ0v) is 17.6. The van der Waals surface area contributed by atoms with E-state index in [0.717, 1.165) is 61.2 Å². The molecule has 0 aliphatic carbocycles. The first-order valence-electron chi connectivity index (χ1n) is 10.0. The number of nitrogens with zero attached hydrogens (tertiary/aromatic N) is 4. The highest BCUT2D eigenvalue weighted by molar-refractivity contribution is 7.19. The molecule has 0 saturated carbocycles. The minimum absolute atomic E-state index is 0.310. The van der Waals surface area contributed by atoms with Crippen LogP contribution in [0.2, 0.25) is 5.02 Å². The van der Waals surface area contributed by atoms with Crippen LogP contribution in [0.25, 0.3) is 32.5 Å². The summed E-state index contributed by atoms with van der Waals surface area (Å²) in [5.41, 5.74) is 10.7. The standard InChI is InChI=1S/C21H21ClN6S/c1-10-26-16-5-4-14(18(22)20(16)29-10)15-8-25-21-19(15)24-9-17(27-21)28-12-2-3-13(28)7-11(23)6-12/h4-5,8-9,11-13H,2-3,6-7,23H2,1H3,(H,25,27)/t11-,12+,13-. The Bertz CT molecular complexity index is 1230. The summed E-state index contributed by atoms with van der Waals surface area (Å²) in [4.78, 5) is 20.0. The Labute approximate surface area is 177 Å². The van der Waals surface area contributed by atoms with Crippen molar-refractivity contribution in [2.45, 2.75) is 50.7 Å². The van der Waals surface area contributed by atoms with Crippen LogP contribution in [0, 0.1) is 6.92 Å². The van der Waals surface area contributed by atoms with E-state index in [-0.39, 0.29) is 0 Å². The van der Waals surface area contributed by atoms with E-state index in [2.05, 4.69) is 14.9 Å². The highest BCUT2D eigenvalue weighted by Crippen LogP contribution is 2.41. The van der Waals surface area contributed by atoms with Crippen molar-refractivity contribution in [3.63, 3.8) is 0 Å². The van der Waals surface area contributed by atoms with Gasteiger partial charge >= 0.3 is 0 Å². The third-order valence-corrected chi connectivity index (χ3v) is 7.81. The van der Waals surface area contributed by atoms with Crippen molar-refractivity contribution in [2.75, 3.05) is 4.90 Å². The number of H-pyrrole nitrogens is 1. The van der Waals surface area contributed by atoms with Crippen LogP contribution >= 0.6 is 22.9 Å². The lowest BCUT2D eigenvalue weighted by Gasteiger charge is -2.38. The number of aromatic amines is 1. The van der Waals surface area contributed by atoms with Crippen LogP contribution in [-0.2, 0) is 0 Å². The van der Waals surface area contributed by atoms with Gasteiger partial charge in [-0.2, -0.15) is 0 Å². The van der Waals surface area contributed by atoms with E-state index in [9.17, 15) is 0 Å². The lowest BCUT2D eigenvalue weighted by molar-refractivity contribution is 0.412. The molecule has 3 atom stereocenters. The van der Waals surface area contributed by atoms with Gasteiger partial charge in [-0.05, 0) is 38.7 Å². The van der Waals surface area contributed by atoms with Gasteiger partial charge in [0.05, 0.1) is 26.4 Å². The van der Waals surface area contributed by atoms with Crippen molar-refractivity contribution >= 4 is 50.1 Å². The number of benzene rings is 1. The summed E-state index contributed by atoms with van der Waals surface area (Å²) in [5, 5.41) is 1.74. The Hall–Kier alpha value is -2.22. The first-order valence-corrected chi connectivity index (χ1v) is 11.2. The number of fused-ring (bicyclic) bond motifs is 4. The summed E-state index contributed by atoms with van der Waals surface area (Å²) in [6.07, 6.45) is 8.32. The van der Waals surface area contributed by atoms with Gasteiger partial charge in [0.1, 0.15) is 11.3 Å². The molecule has 2 fully saturated rings. The molecule has 29 heavy (non-hydrogen) atoms. The predicted molar refractivity (Wildman–Crippen MR) is 119 cm³/mol. The lowest BCUT2D eigenvalue weighted by Crippen LogP contribution is -2.47. The molecule has 6 nitrogen and oxygen atoms in total. The zero-order chi connectivity index (χ0) is 19.7. The fraction of sp³-hybridized carbons (Fsp3) is 0.381. The van der Waals surface area contributed by atoms with Gasteiger partial charge in [-0.1, -0.05) is 17.7 Å². The van der Waals surface area contributed by atoms with Crippen molar-refractivity contribution < 1.29 is 0 Å². The predicted octanol–water partition coefficient (Wildman–Crippen LogP) is 4.65. The van der Waals surface area contributed by atoms with Crippen LogP contribution in [0.1, 0.15) is 30.7 Å². The quantitative estimate of drug-likeness (QED) is 0.489. The Morgan fingerprint density at radius 2 is 1.97 bits per heavy atom. The highest BCUT2D eigenvalue weighted by atomic mass is 35.5. The molecule has 0 radical (unpaired) electrons. The Morgan fingerprint density at radius 1 is 1.17 bits per heavy atom. The van der Waals surface area contributed by atoms with Gasteiger partial charge in [0.15, 0.2) is 5.65 Å².